The summed E-state index contributed by atoms with van der Waals surface area (Å²) >= 11 is 0. The molecule has 1 amide bonds. The van der Waals surface area contributed by atoms with Crippen LogP contribution in [-0.2, 0) is 23.7 Å². The monoisotopic (exact) mass is 1410 g/mol. The molecule has 12 atom stereocenters. The Hall–Kier alpha value is -1.27. The number of ether oxygens (including phenoxy) is 4. The lowest BCUT2D eigenvalue weighted by atomic mass is 9.97. The summed E-state index contributed by atoms with van der Waals surface area (Å²) in [5, 5.41) is 88.0. The normalized spacial score (nSPS) is 21.9. The van der Waals surface area contributed by atoms with Gasteiger partial charge in [0.15, 0.2) is 12.6 Å². The SMILES string of the molecule is CCCCCCCCCC/C=C\CCCCCCCCCCCCCCCCCCCCCCCCCCCC(=O)NC(COC1OC(CO)C(OC2OC(CO)C(O)C(O)C2O)C(O)C1O)C(O)CCCCCCCCCCCCCCCCCCCCCCCCCCCCCC. The van der Waals surface area contributed by atoms with Crippen LogP contribution in [0, 0.1) is 0 Å². The Bertz CT molecular complexity index is 1710. The van der Waals surface area contributed by atoms with Crippen molar-refractivity contribution in [2.45, 2.75) is 505 Å². The van der Waals surface area contributed by atoms with Crippen LogP contribution in [0.25, 0.3) is 0 Å². The fourth-order valence-corrected chi connectivity index (χ4v) is 14.9. The third kappa shape index (κ3) is 52.4. The highest BCUT2D eigenvalue weighted by Crippen LogP contribution is 2.31. The van der Waals surface area contributed by atoms with Gasteiger partial charge in [-0.25, -0.2) is 0 Å². The van der Waals surface area contributed by atoms with Crippen LogP contribution in [0.1, 0.15) is 431 Å². The van der Waals surface area contributed by atoms with Crippen molar-refractivity contribution in [3.8, 4) is 0 Å². The van der Waals surface area contributed by atoms with Crippen molar-refractivity contribution < 1.29 is 64.6 Å². The van der Waals surface area contributed by atoms with E-state index < -0.39 is 86.8 Å². The molecular formula is C85H165NO13. The average molecular weight is 1410 g/mol. The van der Waals surface area contributed by atoms with E-state index in [0.29, 0.717) is 12.8 Å². The minimum Gasteiger partial charge on any atom is -0.394 e. The molecule has 0 aromatic carbocycles. The molecule has 2 aliphatic rings. The summed E-state index contributed by atoms with van der Waals surface area (Å²) in [7, 11) is 0. The highest BCUT2D eigenvalue weighted by atomic mass is 16.7. The van der Waals surface area contributed by atoms with E-state index in [1.54, 1.807) is 0 Å². The molecule has 0 spiro atoms. The summed E-state index contributed by atoms with van der Waals surface area (Å²) in [6.07, 6.45) is 72.8. The Morgan fingerprint density at radius 2 is 0.636 bits per heavy atom. The number of aliphatic hydroxyl groups excluding tert-OH is 8. The molecule has 2 saturated heterocycles. The fraction of sp³-hybridized carbons (Fsp3) is 0.965. The molecule has 12 unspecified atom stereocenters. The summed E-state index contributed by atoms with van der Waals surface area (Å²) < 4.78 is 23.0. The second kappa shape index (κ2) is 69.8. The maximum Gasteiger partial charge on any atom is 0.220 e. The second-order valence-corrected chi connectivity index (χ2v) is 31.0. The molecule has 0 radical (unpaired) electrons. The summed E-state index contributed by atoms with van der Waals surface area (Å²) in [5.74, 6) is -0.195. The first kappa shape index (κ1) is 93.8. The van der Waals surface area contributed by atoms with Gasteiger partial charge in [0.05, 0.1) is 32.0 Å². The summed E-state index contributed by atoms with van der Waals surface area (Å²) in [6, 6.07) is -0.827. The maximum absolute atomic E-state index is 13.4. The Balaban J connectivity index is 1.56. The van der Waals surface area contributed by atoms with Gasteiger partial charge in [0, 0.05) is 6.42 Å². The van der Waals surface area contributed by atoms with Crippen molar-refractivity contribution in [1.29, 1.82) is 0 Å². The number of aliphatic hydroxyl groups is 8. The van der Waals surface area contributed by atoms with Crippen LogP contribution in [0.5, 0.6) is 0 Å². The molecule has 588 valence electrons. The Morgan fingerprint density at radius 1 is 0.354 bits per heavy atom. The quantitative estimate of drug-likeness (QED) is 0.0204. The molecule has 2 fully saturated rings. The molecule has 0 aliphatic carbocycles. The number of hydrogen-bond donors (Lipinski definition) is 9. The van der Waals surface area contributed by atoms with E-state index >= 15 is 0 Å². The zero-order chi connectivity index (χ0) is 71.5. The van der Waals surface area contributed by atoms with Crippen LogP contribution >= 0.6 is 0 Å². The first-order chi connectivity index (χ1) is 48.6. The van der Waals surface area contributed by atoms with Crippen LogP contribution in [0.3, 0.4) is 0 Å². The third-order valence-electron chi connectivity index (χ3n) is 21.7. The zero-order valence-corrected chi connectivity index (χ0v) is 64.8. The predicted molar refractivity (Wildman–Crippen MR) is 411 cm³/mol. The largest absolute Gasteiger partial charge is 0.394 e. The highest BCUT2D eigenvalue weighted by molar-refractivity contribution is 5.76. The van der Waals surface area contributed by atoms with Gasteiger partial charge >= 0.3 is 0 Å². The van der Waals surface area contributed by atoms with Crippen LogP contribution in [0.15, 0.2) is 12.2 Å². The third-order valence-corrected chi connectivity index (χ3v) is 21.7. The van der Waals surface area contributed by atoms with E-state index in [1.165, 1.54) is 353 Å². The first-order valence-electron chi connectivity index (χ1n) is 43.4. The minimum absolute atomic E-state index is 0.195. The molecule has 14 heteroatoms. The van der Waals surface area contributed by atoms with Gasteiger partial charge in [-0.1, -0.05) is 398 Å². The number of hydrogen-bond acceptors (Lipinski definition) is 13. The van der Waals surface area contributed by atoms with Gasteiger partial charge in [-0.3, -0.25) is 4.79 Å². The van der Waals surface area contributed by atoms with E-state index in [2.05, 4.69) is 31.3 Å². The molecule has 2 heterocycles. The number of amides is 1. The van der Waals surface area contributed by atoms with Crippen molar-refractivity contribution in [1.82, 2.24) is 5.32 Å². The molecule has 0 aromatic rings. The van der Waals surface area contributed by atoms with Crippen LogP contribution < -0.4 is 5.32 Å². The van der Waals surface area contributed by atoms with Crippen LogP contribution in [0.4, 0.5) is 0 Å². The van der Waals surface area contributed by atoms with Crippen molar-refractivity contribution in [3.63, 3.8) is 0 Å². The summed E-state index contributed by atoms with van der Waals surface area (Å²) in [4.78, 5) is 13.4. The number of rotatable bonds is 75. The van der Waals surface area contributed by atoms with Gasteiger partial charge in [0.2, 0.25) is 5.91 Å². The lowest BCUT2D eigenvalue weighted by Gasteiger charge is -2.46. The van der Waals surface area contributed by atoms with Crippen molar-refractivity contribution in [2.75, 3.05) is 19.8 Å². The van der Waals surface area contributed by atoms with Crippen LogP contribution in [0.2, 0.25) is 0 Å². The van der Waals surface area contributed by atoms with Gasteiger partial charge in [-0.2, -0.15) is 0 Å². The van der Waals surface area contributed by atoms with Gasteiger partial charge in [0.25, 0.3) is 0 Å². The summed E-state index contributed by atoms with van der Waals surface area (Å²) in [5.41, 5.74) is 0. The van der Waals surface area contributed by atoms with E-state index in [9.17, 15) is 45.6 Å². The molecule has 2 rings (SSSR count). The van der Waals surface area contributed by atoms with Gasteiger partial charge in [0.1, 0.15) is 48.8 Å². The number of unbranched alkanes of at least 4 members (excludes halogenated alkanes) is 60. The molecule has 99 heavy (non-hydrogen) atoms. The number of allylic oxidation sites excluding steroid dienone is 2. The van der Waals surface area contributed by atoms with Crippen molar-refractivity contribution >= 4 is 5.91 Å². The standard InChI is InChI=1S/C85H165NO13/c1-3-5-7-9-11-13-15-17-19-21-23-25-27-29-31-33-34-35-36-37-38-39-40-41-43-45-47-49-51-53-55-57-59-61-63-65-67-69-77(90)86-73(72-96-84-82(95)80(93)83(76(71-88)98-84)99-85-81(94)79(92)78(91)75(70-87)97-85)74(89)68-66-64-62-60-58-56-54-52-50-48-46-44-42-32-30-28-26-24-22-20-18-16-14-12-10-8-6-4-2/h21,23,73-76,78-85,87-89,91-95H,3-20,22,24-72H2,1-2H3,(H,86,90)/b23-21-. The predicted octanol–water partition coefficient (Wildman–Crippen LogP) is 20.4. The van der Waals surface area contributed by atoms with Gasteiger partial charge < -0.3 is 65.1 Å². The highest BCUT2D eigenvalue weighted by Gasteiger charge is 2.51. The number of carbonyl (C=O) groups excluding carboxylic acids is 1. The number of carbonyl (C=O) groups is 1. The minimum atomic E-state index is -1.78. The molecule has 2 aliphatic heterocycles. The molecule has 0 aromatic heterocycles. The van der Waals surface area contributed by atoms with Crippen LogP contribution in [-0.4, -0.2) is 140 Å². The van der Waals surface area contributed by atoms with Gasteiger partial charge in [-0.15, -0.1) is 0 Å². The summed E-state index contributed by atoms with van der Waals surface area (Å²) in [6.45, 7) is 2.95. The van der Waals surface area contributed by atoms with E-state index in [4.69, 9.17) is 18.9 Å². The lowest BCUT2D eigenvalue weighted by molar-refractivity contribution is -0.359. The molecule has 0 bridgehead atoms. The Labute approximate surface area is 609 Å². The van der Waals surface area contributed by atoms with E-state index in [-0.39, 0.29) is 12.5 Å². The Morgan fingerprint density at radius 3 is 0.960 bits per heavy atom. The van der Waals surface area contributed by atoms with Crippen molar-refractivity contribution in [2.24, 2.45) is 0 Å². The van der Waals surface area contributed by atoms with Gasteiger partial charge in [-0.05, 0) is 38.5 Å². The molecule has 0 saturated carbocycles. The average Bonchev–Trinajstić information content (AvgIpc) is 0.793. The molecule has 9 N–H and O–H groups in total. The zero-order valence-electron chi connectivity index (χ0n) is 64.8. The number of nitrogens with one attached hydrogen (secondary N) is 1. The molecular weight excluding hydrogens is 1240 g/mol. The topological polar surface area (TPSA) is 228 Å². The fourth-order valence-electron chi connectivity index (χ4n) is 14.9. The smallest absolute Gasteiger partial charge is 0.220 e. The van der Waals surface area contributed by atoms with Crippen molar-refractivity contribution in [3.05, 3.63) is 12.2 Å². The van der Waals surface area contributed by atoms with E-state index in [1.807, 2.05) is 0 Å². The maximum atomic E-state index is 13.4. The molecule has 14 nitrogen and oxygen atoms in total. The second-order valence-electron chi connectivity index (χ2n) is 31.0. The lowest BCUT2D eigenvalue weighted by Crippen LogP contribution is -2.65. The Kier molecular flexibility index (Phi) is 66.1. The first-order valence-corrected chi connectivity index (χ1v) is 43.4. The van der Waals surface area contributed by atoms with E-state index in [0.717, 1.165) is 51.4 Å².